The summed E-state index contributed by atoms with van der Waals surface area (Å²) in [6.45, 7) is 2.02. The lowest BCUT2D eigenvalue weighted by molar-refractivity contribution is -0.156. The van der Waals surface area contributed by atoms with Gasteiger partial charge >= 0.3 is 0 Å². The predicted octanol–water partition coefficient (Wildman–Crippen LogP) is 2.30. The first-order valence-corrected chi connectivity index (χ1v) is 8.43. The Kier molecular flexibility index (Phi) is 4.12. The molecule has 21 heavy (non-hydrogen) atoms. The van der Waals surface area contributed by atoms with Crippen molar-refractivity contribution in [3.63, 3.8) is 0 Å². The van der Waals surface area contributed by atoms with Crippen molar-refractivity contribution in [2.75, 3.05) is 0 Å². The molecule has 0 spiro atoms. The normalized spacial score (nSPS) is 41.5. The zero-order valence-corrected chi connectivity index (χ0v) is 12.8. The quantitative estimate of drug-likeness (QED) is 0.729. The Bertz CT molecular complexity index is 469. The molecule has 0 unspecified atom stereocenters. The largest absolute Gasteiger partial charge is 0.392 e. The van der Waals surface area contributed by atoms with E-state index in [9.17, 15) is 15.0 Å². The monoisotopic (exact) mass is 290 g/mol. The highest BCUT2D eigenvalue weighted by Gasteiger charge is 2.57. The Hall–Kier alpha value is -0.850. The molecule has 3 saturated carbocycles. The lowest BCUT2D eigenvalue weighted by Crippen LogP contribution is -2.56. The second-order valence-corrected chi connectivity index (χ2v) is 7.41. The smallest absolute Gasteiger partial charge is 0.139 e. The fraction of sp³-hybridized carbons (Fsp3) is 0.833. The number of hydrogen-bond donors (Lipinski definition) is 2. The van der Waals surface area contributed by atoms with Crippen molar-refractivity contribution in [2.45, 2.75) is 70.5 Å². The van der Waals surface area contributed by atoms with Crippen LogP contribution in [-0.2, 0) is 4.79 Å². The van der Waals surface area contributed by atoms with E-state index in [0.717, 1.165) is 19.3 Å². The number of aliphatic hydroxyl groups is 2. The van der Waals surface area contributed by atoms with E-state index in [4.69, 9.17) is 0 Å². The van der Waals surface area contributed by atoms with E-state index in [0.29, 0.717) is 24.5 Å². The molecule has 0 amide bonds. The molecular formula is C18H26O3. The van der Waals surface area contributed by atoms with Gasteiger partial charge < -0.3 is 10.2 Å². The highest BCUT2D eigenvalue weighted by atomic mass is 16.3. The van der Waals surface area contributed by atoms with E-state index in [1.807, 2.05) is 6.92 Å². The second kappa shape index (κ2) is 5.74. The third kappa shape index (κ3) is 2.64. The Morgan fingerprint density at radius 1 is 1.24 bits per heavy atom. The van der Waals surface area contributed by atoms with E-state index in [2.05, 4.69) is 11.8 Å². The van der Waals surface area contributed by atoms with Gasteiger partial charge in [-0.15, -0.1) is 0 Å². The van der Waals surface area contributed by atoms with Gasteiger partial charge in [0.25, 0.3) is 0 Å². The lowest BCUT2D eigenvalue weighted by atomic mass is 9.50. The van der Waals surface area contributed by atoms with Crippen LogP contribution in [0.25, 0.3) is 0 Å². The molecule has 0 aromatic rings. The number of aliphatic hydroxyl groups excluding tert-OH is 2. The van der Waals surface area contributed by atoms with Gasteiger partial charge in [-0.25, -0.2) is 0 Å². The Morgan fingerprint density at radius 3 is 2.62 bits per heavy atom. The van der Waals surface area contributed by atoms with Crippen molar-refractivity contribution in [3.05, 3.63) is 0 Å². The molecule has 3 nitrogen and oxygen atoms in total. The summed E-state index contributed by atoms with van der Waals surface area (Å²) in [7, 11) is 0. The summed E-state index contributed by atoms with van der Waals surface area (Å²) in [5, 5.41) is 20.5. The molecule has 0 heterocycles. The number of Topliss-reactive ketones (excluding diaryl/α,β-unsaturated/α-hetero) is 1. The van der Waals surface area contributed by atoms with E-state index < -0.39 is 12.2 Å². The third-order valence-corrected chi connectivity index (χ3v) is 6.16. The van der Waals surface area contributed by atoms with Gasteiger partial charge in [0.2, 0.25) is 0 Å². The van der Waals surface area contributed by atoms with Gasteiger partial charge in [-0.1, -0.05) is 38.0 Å². The molecule has 3 heteroatoms. The lowest BCUT2D eigenvalue weighted by Gasteiger charge is -2.52. The van der Waals surface area contributed by atoms with Crippen LogP contribution in [0.2, 0.25) is 0 Å². The number of carbonyl (C=O) groups is 1. The van der Waals surface area contributed by atoms with Crippen LogP contribution in [0.5, 0.6) is 0 Å². The van der Waals surface area contributed by atoms with Crippen LogP contribution in [0.3, 0.4) is 0 Å². The molecule has 0 aromatic carbocycles. The average molecular weight is 290 g/mol. The molecule has 3 fully saturated rings. The van der Waals surface area contributed by atoms with Crippen LogP contribution >= 0.6 is 0 Å². The predicted molar refractivity (Wildman–Crippen MR) is 80.3 cm³/mol. The molecule has 0 aliphatic heterocycles. The summed E-state index contributed by atoms with van der Waals surface area (Å²) in [5.41, 5.74) is -0.269. The Balaban J connectivity index is 1.68. The fourth-order valence-electron chi connectivity index (χ4n) is 4.42. The molecule has 0 bridgehead atoms. The molecule has 0 saturated heterocycles. The highest BCUT2D eigenvalue weighted by Crippen LogP contribution is 2.54. The highest BCUT2D eigenvalue weighted by molar-refractivity contribution is 5.91. The van der Waals surface area contributed by atoms with Crippen molar-refractivity contribution in [3.8, 4) is 11.8 Å². The maximum Gasteiger partial charge on any atom is 0.139 e. The zero-order chi connectivity index (χ0) is 15.0. The minimum absolute atomic E-state index is 0.139. The molecular weight excluding hydrogens is 264 g/mol. The van der Waals surface area contributed by atoms with Crippen LogP contribution in [0.4, 0.5) is 0 Å². The topological polar surface area (TPSA) is 57.5 Å². The van der Waals surface area contributed by atoms with E-state index in [1.54, 1.807) is 0 Å². The van der Waals surface area contributed by atoms with Gasteiger partial charge in [0.05, 0.1) is 12.0 Å². The zero-order valence-electron chi connectivity index (χ0n) is 12.8. The van der Waals surface area contributed by atoms with Crippen LogP contribution in [0, 0.1) is 35.0 Å². The van der Waals surface area contributed by atoms with Crippen molar-refractivity contribution in [1.82, 2.24) is 0 Å². The van der Waals surface area contributed by atoms with Crippen LogP contribution in [-0.4, -0.2) is 28.2 Å². The van der Waals surface area contributed by atoms with E-state index in [-0.39, 0.29) is 17.3 Å². The summed E-state index contributed by atoms with van der Waals surface area (Å²) in [4.78, 5) is 11.8. The van der Waals surface area contributed by atoms with E-state index >= 15 is 0 Å². The van der Waals surface area contributed by atoms with Crippen LogP contribution in [0.1, 0.15) is 58.3 Å². The van der Waals surface area contributed by atoms with Gasteiger partial charge in [0.1, 0.15) is 11.9 Å². The summed E-state index contributed by atoms with van der Waals surface area (Å²) in [6, 6.07) is 0. The molecule has 3 rings (SSSR count). The Morgan fingerprint density at radius 2 is 1.95 bits per heavy atom. The number of carbonyl (C=O) groups excluding carboxylic acids is 1. The fourth-order valence-corrected chi connectivity index (χ4v) is 4.42. The van der Waals surface area contributed by atoms with Crippen molar-refractivity contribution >= 4 is 5.78 Å². The van der Waals surface area contributed by atoms with Crippen molar-refractivity contribution in [2.24, 2.45) is 23.2 Å². The van der Waals surface area contributed by atoms with Crippen molar-refractivity contribution in [1.29, 1.82) is 0 Å². The van der Waals surface area contributed by atoms with Crippen molar-refractivity contribution < 1.29 is 15.0 Å². The van der Waals surface area contributed by atoms with Gasteiger partial charge in [0.15, 0.2) is 0 Å². The van der Waals surface area contributed by atoms with E-state index in [1.165, 1.54) is 19.3 Å². The first kappa shape index (κ1) is 15.1. The molecule has 2 N–H and O–H groups in total. The molecule has 5 atom stereocenters. The molecule has 116 valence electrons. The number of fused-ring (bicyclic) bond motifs is 1. The standard InChI is InChI=1S/C18H26O3/c1-18-10-9-16(20)13(14(18)11-17(18)21)7-8-15(19)12-5-3-2-4-6-12/h12-16,19-20H,2-6,9-11H2,1H3/t13-,14-,15+,16-,18+/m0/s1. The molecule has 0 aromatic heterocycles. The maximum absolute atomic E-state index is 11.8. The van der Waals surface area contributed by atoms with Crippen LogP contribution < -0.4 is 0 Å². The van der Waals surface area contributed by atoms with Gasteiger partial charge in [-0.05, 0) is 37.5 Å². The number of hydrogen-bond acceptors (Lipinski definition) is 3. The first-order chi connectivity index (χ1) is 10.0. The van der Waals surface area contributed by atoms with Gasteiger partial charge in [-0.2, -0.15) is 0 Å². The summed E-state index contributed by atoms with van der Waals surface area (Å²) in [6.07, 6.45) is 6.72. The Labute approximate surface area is 127 Å². The van der Waals surface area contributed by atoms with Crippen LogP contribution in [0.15, 0.2) is 0 Å². The molecule has 0 radical (unpaired) electrons. The second-order valence-electron chi connectivity index (χ2n) is 7.41. The minimum Gasteiger partial charge on any atom is -0.392 e. The molecule has 3 aliphatic carbocycles. The SMILES string of the molecule is C[C@@]12CC[C@H](O)[C@@H](C#C[C@@H](O)C3CCCCC3)[C@@H]1CC2=O. The maximum atomic E-state index is 11.8. The number of rotatable bonds is 1. The summed E-state index contributed by atoms with van der Waals surface area (Å²) >= 11 is 0. The van der Waals surface area contributed by atoms with Gasteiger partial charge in [-0.3, -0.25) is 4.79 Å². The average Bonchev–Trinajstić information content (AvgIpc) is 2.51. The summed E-state index contributed by atoms with van der Waals surface area (Å²) in [5.74, 6) is 6.80. The first-order valence-electron chi connectivity index (χ1n) is 8.43. The minimum atomic E-state index is -0.568. The van der Waals surface area contributed by atoms with Gasteiger partial charge in [0, 0.05) is 11.8 Å². The summed E-state index contributed by atoms with van der Waals surface area (Å²) < 4.78 is 0. The number of ketones is 1. The molecule has 3 aliphatic rings. The third-order valence-electron chi connectivity index (χ3n) is 6.16.